The Labute approximate surface area is 172 Å². The fraction of sp³-hybridized carbons (Fsp3) is 0.238. The summed E-state index contributed by atoms with van der Waals surface area (Å²) in [6.07, 6.45) is 4.35. The van der Waals surface area contributed by atoms with Crippen LogP contribution in [0.1, 0.15) is 16.1 Å². The van der Waals surface area contributed by atoms with E-state index >= 15 is 0 Å². The van der Waals surface area contributed by atoms with Crippen LogP contribution in [0.2, 0.25) is 0 Å². The summed E-state index contributed by atoms with van der Waals surface area (Å²) in [6.45, 7) is 3.71. The molecule has 146 valence electrons. The van der Waals surface area contributed by atoms with Gasteiger partial charge in [-0.2, -0.15) is 0 Å². The number of ether oxygens (including phenoxy) is 1. The molecule has 0 atom stereocenters. The van der Waals surface area contributed by atoms with Gasteiger partial charge in [-0.3, -0.25) is 0 Å². The van der Waals surface area contributed by atoms with Crippen molar-refractivity contribution in [3.05, 3.63) is 52.9 Å². The molecule has 2 N–H and O–H groups in total. The van der Waals surface area contributed by atoms with Gasteiger partial charge in [-0.15, -0.1) is 11.3 Å². The molecule has 0 aliphatic carbocycles. The summed E-state index contributed by atoms with van der Waals surface area (Å²) in [7, 11) is 1.62. The first kappa shape index (κ1) is 17.8. The van der Waals surface area contributed by atoms with E-state index in [1.165, 1.54) is 4.88 Å². The molecule has 0 fully saturated rings. The van der Waals surface area contributed by atoms with Crippen molar-refractivity contribution >= 4 is 33.2 Å². The summed E-state index contributed by atoms with van der Waals surface area (Å²) in [4.78, 5) is 21.5. The molecule has 0 spiro atoms. The van der Waals surface area contributed by atoms with E-state index in [0.717, 1.165) is 58.6 Å². The third kappa shape index (κ3) is 3.15. The fourth-order valence-electron chi connectivity index (χ4n) is 3.82. The van der Waals surface area contributed by atoms with Crippen molar-refractivity contribution < 1.29 is 4.74 Å². The number of methoxy groups -OCH3 is 1. The monoisotopic (exact) mass is 404 g/mol. The Morgan fingerprint density at radius 1 is 1.14 bits per heavy atom. The molecule has 4 aromatic rings. The molecule has 0 unspecified atom stereocenters. The Morgan fingerprint density at radius 3 is 2.83 bits per heavy atom. The summed E-state index contributed by atoms with van der Waals surface area (Å²) < 4.78 is 5.18. The smallest absolute Gasteiger partial charge is 0.212 e. The SMILES string of the molecule is COc1ccc(-c2cc(C)c3ncnc(N4CCc5nc(N)sc5C4)c3c2)cn1. The molecule has 0 amide bonds. The van der Waals surface area contributed by atoms with Gasteiger partial charge < -0.3 is 15.4 Å². The zero-order valence-electron chi connectivity index (χ0n) is 16.2. The highest BCUT2D eigenvalue weighted by atomic mass is 32.1. The minimum Gasteiger partial charge on any atom is -0.481 e. The second-order valence-electron chi connectivity index (χ2n) is 7.07. The van der Waals surface area contributed by atoms with Crippen LogP contribution in [0, 0.1) is 6.92 Å². The van der Waals surface area contributed by atoms with E-state index in [9.17, 15) is 0 Å². The van der Waals surface area contributed by atoms with Crippen LogP contribution in [0.25, 0.3) is 22.0 Å². The first-order valence-electron chi connectivity index (χ1n) is 9.37. The van der Waals surface area contributed by atoms with Gasteiger partial charge in [0.05, 0.1) is 24.9 Å². The predicted molar refractivity (Wildman–Crippen MR) is 115 cm³/mol. The van der Waals surface area contributed by atoms with Crippen LogP contribution in [0.3, 0.4) is 0 Å². The van der Waals surface area contributed by atoms with Gasteiger partial charge >= 0.3 is 0 Å². The van der Waals surface area contributed by atoms with E-state index in [1.54, 1.807) is 24.8 Å². The minimum absolute atomic E-state index is 0.600. The van der Waals surface area contributed by atoms with Crippen molar-refractivity contribution in [2.24, 2.45) is 0 Å². The average molecular weight is 404 g/mol. The molecule has 0 saturated heterocycles. The van der Waals surface area contributed by atoms with Crippen molar-refractivity contribution in [1.29, 1.82) is 0 Å². The number of aryl methyl sites for hydroxylation is 1. The zero-order valence-corrected chi connectivity index (χ0v) is 17.0. The van der Waals surface area contributed by atoms with E-state index < -0.39 is 0 Å². The van der Waals surface area contributed by atoms with Crippen molar-refractivity contribution in [3.63, 3.8) is 0 Å². The molecule has 0 radical (unpaired) electrons. The maximum atomic E-state index is 5.91. The van der Waals surface area contributed by atoms with Gasteiger partial charge in [0.25, 0.3) is 0 Å². The molecule has 1 aromatic carbocycles. The van der Waals surface area contributed by atoms with E-state index in [0.29, 0.717) is 11.0 Å². The second kappa shape index (κ2) is 6.97. The van der Waals surface area contributed by atoms with Gasteiger partial charge in [-0.25, -0.2) is 19.9 Å². The molecule has 29 heavy (non-hydrogen) atoms. The van der Waals surface area contributed by atoms with Crippen LogP contribution in [0.5, 0.6) is 5.88 Å². The number of anilines is 2. The van der Waals surface area contributed by atoms with Gasteiger partial charge in [0.1, 0.15) is 12.1 Å². The summed E-state index contributed by atoms with van der Waals surface area (Å²) in [5.41, 5.74) is 11.2. The van der Waals surface area contributed by atoms with E-state index in [-0.39, 0.29) is 0 Å². The van der Waals surface area contributed by atoms with E-state index in [2.05, 4.69) is 43.9 Å². The van der Waals surface area contributed by atoms with Crippen LogP contribution in [0.15, 0.2) is 36.8 Å². The summed E-state index contributed by atoms with van der Waals surface area (Å²) in [6, 6.07) is 8.18. The molecule has 7 nitrogen and oxygen atoms in total. The van der Waals surface area contributed by atoms with Crippen LogP contribution in [-0.4, -0.2) is 33.6 Å². The summed E-state index contributed by atoms with van der Waals surface area (Å²) in [5, 5.41) is 1.67. The Hall–Kier alpha value is -3.26. The Balaban J connectivity index is 1.60. The number of nitrogens with zero attached hydrogens (tertiary/aromatic N) is 5. The number of nitrogen functional groups attached to an aromatic ring is 1. The minimum atomic E-state index is 0.600. The molecule has 0 bridgehead atoms. The van der Waals surface area contributed by atoms with Crippen LogP contribution in [-0.2, 0) is 13.0 Å². The summed E-state index contributed by atoms with van der Waals surface area (Å²) in [5.74, 6) is 1.54. The maximum Gasteiger partial charge on any atom is 0.212 e. The topological polar surface area (TPSA) is 90.1 Å². The molecular weight excluding hydrogens is 384 g/mol. The first-order valence-corrected chi connectivity index (χ1v) is 10.2. The maximum absolute atomic E-state index is 5.91. The van der Waals surface area contributed by atoms with Gasteiger partial charge in [0.15, 0.2) is 5.13 Å². The molecular formula is C21H20N6OS. The van der Waals surface area contributed by atoms with Crippen LogP contribution in [0.4, 0.5) is 10.9 Å². The number of rotatable bonds is 3. The molecule has 0 saturated carbocycles. The van der Waals surface area contributed by atoms with Gasteiger partial charge in [-0.1, -0.05) is 0 Å². The lowest BCUT2D eigenvalue weighted by atomic mass is 10.0. The highest BCUT2D eigenvalue weighted by Gasteiger charge is 2.23. The molecule has 1 aliphatic rings. The van der Waals surface area contributed by atoms with Gasteiger partial charge in [0, 0.05) is 41.1 Å². The fourth-order valence-corrected chi connectivity index (χ4v) is 4.71. The molecule has 8 heteroatoms. The summed E-state index contributed by atoms with van der Waals surface area (Å²) >= 11 is 1.56. The third-order valence-electron chi connectivity index (χ3n) is 5.23. The van der Waals surface area contributed by atoms with Crippen molar-refractivity contribution in [2.45, 2.75) is 19.9 Å². The number of benzene rings is 1. The quantitative estimate of drug-likeness (QED) is 0.558. The molecule has 3 aromatic heterocycles. The number of nitrogens with two attached hydrogens (primary N) is 1. The predicted octanol–water partition coefficient (Wildman–Crippen LogP) is 3.61. The van der Waals surface area contributed by atoms with Crippen LogP contribution >= 0.6 is 11.3 Å². The highest BCUT2D eigenvalue weighted by molar-refractivity contribution is 7.15. The van der Waals surface area contributed by atoms with Crippen molar-refractivity contribution in [1.82, 2.24) is 19.9 Å². The Kier molecular flexibility index (Phi) is 4.28. The van der Waals surface area contributed by atoms with E-state index in [4.69, 9.17) is 10.5 Å². The number of aromatic nitrogens is 4. The third-order valence-corrected chi connectivity index (χ3v) is 6.15. The Bertz CT molecular complexity index is 1200. The van der Waals surface area contributed by atoms with Crippen LogP contribution < -0.4 is 15.4 Å². The lowest BCUT2D eigenvalue weighted by Crippen LogP contribution is -2.30. The average Bonchev–Trinajstić information content (AvgIpc) is 3.12. The largest absolute Gasteiger partial charge is 0.481 e. The number of fused-ring (bicyclic) bond motifs is 2. The van der Waals surface area contributed by atoms with E-state index in [1.807, 2.05) is 18.3 Å². The number of hydrogen-bond donors (Lipinski definition) is 1. The number of pyridine rings is 1. The lowest BCUT2D eigenvalue weighted by molar-refractivity contribution is 0.398. The molecule has 5 rings (SSSR count). The van der Waals surface area contributed by atoms with Crippen molar-refractivity contribution in [2.75, 3.05) is 24.3 Å². The first-order chi connectivity index (χ1) is 14.1. The zero-order chi connectivity index (χ0) is 20.0. The lowest BCUT2D eigenvalue weighted by Gasteiger charge is -2.28. The second-order valence-corrected chi connectivity index (χ2v) is 8.18. The highest BCUT2D eigenvalue weighted by Crippen LogP contribution is 2.34. The van der Waals surface area contributed by atoms with Gasteiger partial charge in [0.2, 0.25) is 5.88 Å². The van der Waals surface area contributed by atoms with Gasteiger partial charge in [-0.05, 0) is 36.2 Å². The molecule has 4 heterocycles. The molecule has 1 aliphatic heterocycles. The standard InChI is InChI=1S/C21H20N6OS/c1-12-7-14(13-3-4-18(28-2)23-9-13)8-15-19(12)24-11-25-20(15)27-6-5-16-17(10-27)29-21(22)26-16/h3-4,7-9,11H,5-6,10H2,1-2H3,(H2,22,26). The number of thiazole rings is 1. The van der Waals surface area contributed by atoms with Crippen molar-refractivity contribution in [3.8, 4) is 17.0 Å². The number of hydrogen-bond acceptors (Lipinski definition) is 8. The normalized spacial score (nSPS) is 13.5. The Morgan fingerprint density at radius 2 is 2.03 bits per heavy atom.